The third-order valence-electron chi connectivity index (χ3n) is 7.51. The Morgan fingerprint density at radius 2 is 1.13 bits per heavy atom. The number of rotatable bonds is 2. The van der Waals surface area contributed by atoms with Crippen LogP contribution in [0.15, 0.2) is 94.5 Å². The Bertz CT molecular complexity index is 2600. The number of hydrogen-bond donors (Lipinski definition) is 0. The minimum absolute atomic E-state index is 0.0120. The molecule has 4 aromatic carbocycles. The summed E-state index contributed by atoms with van der Waals surface area (Å²) in [6.45, 7) is 0. The van der Waals surface area contributed by atoms with E-state index in [9.17, 15) is 9.59 Å². The molecule has 6 nitrogen and oxygen atoms in total. The fourth-order valence-corrected chi connectivity index (χ4v) is 8.19. The molecular formula is C35H23Cl2N3O3S2. The number of benzene rings is 4. The van der Waals surface area contributed by atoms with Crippen molar-refractivity contribution >= 4 is 114 Å². The second-order valence-corrected chi connectivity index (χ2v) is 13.5. The zero-order chi connectivity index (χ0) is 31.4. The monoisotopic (exact) mass is 667 g/mol. The number of pyridine rings is 2. The smallest absolute Gasteiger partial charge is 0.232 e. The summed E-state index contributed by atoms with van der Waals surface area (Å²) >= 11 is 15.2. The van der Waals surface area contributed by atoms with Crippen LogP contribution in [0.3, 0.4) is 0 Å². The Labute approximate surface area is 274 Å². The molecule has 0 atom stereocenters. The van der Waals surface area contributed by atoms with Gasteiger partial charge in [0, 0.05) is 55.1 Å². The normalized spacial score (nSPS) is 11.4. The van der Waals surface area contributed by atoms with Gasteiger partial charge in [0.25, 0.3) is 0 Å². The fraction of sp³-hybridized carbons (Fsp3) is 0.0857. The number of anilines is 1. The summed E-state index contributed by atoms with van der Waals surface area (Å²) < 4.78 is 8.87. The quantitative estimate of drug-likeness (QED) is 0.135. The Morgan fingerprint density at radius 1 is 0.644 bits per heavy atom. The third-order valence-corrected chi connectivity index (χ3v) is 10.3. The predicted octanol–water partition coefficient (Wildman–Crippen LogP) is 9.31. The van der Waals surface area contributed by atoms with Gasteiger partial charge in [0.15, 0.2) is 10.9 Å². The maximum Gasteiger partial charge on any atom is 0.232 e. The highest BCUT2D eigenvalue weighted by Gasteiger charge is 2.17. The Morgan fingerprint density at radius 3 is 1.67 bits per heavy atom. The van der Waals surface area contributed by atoms with Crippen molar-refractivity contribution in [3.05, 3.63) is 115 Å². The van der Waals surface area contributed by atoms with Crippen LogP contribution >= 0.6 is 45.9 Å². The van der Waals surface area contributed by atoms with Gasteiger partial charge in [-0.1, -0.05) is 59.6 Å². The zero-order valence-corrected chi connectivity index (χ0v) is 27.4. The Kier molecular flexibility index (Phi) is 7.54. The lowest BCUT2D eigenvalue weighted by Gasteiger charge is -2.15. The molecule has 0 saturated heterocycles. The van der Waals surface area contributed by atoms with E-state index in [0.29, 0.717) is 32.1 Å². The molecule has 0 saturated carbocycles. The summed E-state index contributed by atoms with van der Waals surface area (Å²) in [5.41, 5.74) is 1.55. The average molecular weight is 669 g/mol. The second kappa shape index (κ2) is 11.5. The van der Waals surface area contributed by atoms with Gasteiger partial charge in [0.05, 0.1) is 33.6 Å². The first-order chi connectivity index (χ1) is 21.7. The molecule has 222 valence electrons. The molecule has 0 radical (unpaired) electrons. The highest BCUT2D eigenvalue weighted by Crippen LogP contribution is 2.37. The lowest BCUT2D eigenvalue weighted by atomic mass is 10.1. The summed E-state index contributed by atoms with van der Waals surface area (Å²) in [4.78, 5) is 37.3. The van der Waals surface area contributed by atoms with Gasteiger partial charge in [0.2, 0.25) is 5.88 Å². The van der Waals surface area contributed by atoms with E-state index < -0.39 is 0 Å². The van der Waals surface area contributed by atoms with Gasteiger partial charge in [-0.25, -0.2) is 9.97 Å². The van der Waals surface area contributed by atoms with E-state index in [1.807, 2.05) is 85.7 Å². The molecular weight excluding hydrogens is 645 g/mol. The molecule has 0 amide bonds. The van der Waals surface area contributed by atoms with E-state index in [1.165, 1.54) is 11.3 Å². The van der Waals surface area contributed by atoms with Gasteiger partial charge < -0.3 is 9.64 Å². The standard InChI is InChI=1S/C18H13ClN2OS.C17H10ClNO2S/c1-21(2)18-17-15(11-5-3-4-6-13(11)20-18)16(22)12-9-10(19)7-8-14(12)23-17;1-21-17-16-14(10-4-2-3-5-12(10)19-17)15(20)11-8-9(18)6-7-13(11)22-16/h3-9H,1-2H3;2-8H,1H3. The molecule has 4 aromatic heterocycles. The molecule has 0 aliphatic carbocycles. The highest BCUT2D eigenvalue weighted by molar-refractivity contribution is 7.25. The van der Waals surface area contributed by atoms with E-state index in [2.05, 4.69) is 4.98 Å². The van der Waals surface area contributed by atoms with Crippen LogP contribution in [0.5, 0.6) is 5.88 Å². The molecule has 45 heavy (non-hydrogen) atoms. The molecule has 4 heterocycles. The Hall–Kier alpha value is -4.34. The lowest BCUT2D eigenvalue weighted by Crippen LogP contribution is -2.13. The molecule has 0 aliphatic rings. The summed E-state index contributed by atoms with van der Waals surface area (Å²) in [6, 6.07) is 26.2. The van der Waals surface area contributed by atoms with Crippen molar-refractivity contribution in [1.29, 1.82) is 0 Å². The number of aromatic nitrogens is 2. The number of methoxy groups -OCH3 is 1. The molecule has 0 spiro atoms. The van der Waals surface area contributed by atoms with Gasteiger partial charge in [0.1, 0.15) is 10.5 Å². The minimum atomic E-state index is -0.0387. The summed E-state index contributed by atoms with van der Waals surface area (Å²) in [6.07, 6.45) is 0. The SMILES string of the molecule is CN(C)c1nc2ccccc2c2c(=O)c3cc(Cl)ccc3sc12.COc1nc2ccccc2c2c(=O)c3cc(Cl)ccc3sc12. The number of fused-ring (bicyclic) bond motifs is 8. The fourth-order valence-electron chi connectivity index (χ4n) is 5.46. The maximum atomic E-state index is 13.1. The summed E-state index contributed by atoms with van der Waals surface area (Å²) in [5, 5.41) is 5.51. The summed E-state index contributed by atoms with van der Waals surface area (Å²) in [5.74, 6) is 1.30. The molecule has 0 bridgehead atoms. The van der Waals surface area contributed by atoms with Crippen molar-refractivity contribution in [2.45, 2.75) is 0 Å². The Balaban J connectivity index is 0.000000145. The second-order valence-electron chi connectivity index (χ2n) is 10.5. The van der Waals surface area contributed by atoms with Crippen LogP contribution in [0.1, 0.15) is 0 Å². The van der Waals surface area contributed by atoms with Crippen LogP contribution in [0.25, 0.3) is 62.2 Å². The van der Waals surface area contributed by atoms with E-state index in [0.717, 1.165) is 51.8 Å². The van der Waals surface area contributed by atoms with Crippen molar-refractivity contribution < 1.29 is 4.74 Å². The molecule has 0 unspecified atom stereocenters. The predicted molar refractivity (Wildman–Crippen MR) is 193 cm³/mol. The molecule has 8 rings (SSSR count). The van der Waals surface area contributed by atoms with Crippen LogP contribution in [-0.4, -0.2) is 31.2 Å². The van der Waals surface area contributed by atoms with Crippen LogP contribution < -0.4 is 20.5 Å². The first-order valence-corrected chi connectivity index (χ1v) is 16.2. The number of hydrogen-bond acceptors (Lipinski definition) is 8. The van der Waals surface area contributed by atoms with Gasteiger partial charge in [-0.05, 0) is 48.5 Å². The van der Waals surface area contributed by atoms with Gasteiger partial charge in [-0.15, -0.1) is 22.7 Å². The van der Waals surface area contributed by atoms with Gasteiger partial charge in [-0.3, -0.25) is 9.59 Å². The zero-order valence-electron chi connectivity index (χ0n) is 24.2. The highest BCUT2D eigenvalue weighted by atomic mass is 35.5. The van der Waals surface area contributed by atoms with Crippen LogP contribution in [0.4, 0.5) is 5.82 Å². The van der Waals surface area contributed by atoms with Crippen molar-refractivity contribution in [2.75, 3.05) is 26.1 Å². The lowest BCUT2D eigenvalue weighted by molar-refractivity contribution is 0.405. The minimum Gasteiger partial charge on any atom is -0.480 e. The van der Waals surface area contributed by atoms with E-state index in [-0.39, 0.29) is 10.9 Å². The first kappa shape index (κ1) is 29.4. The van der Waals surface area contributed by atoms with Crippen LogP contribution in [-0.2, 0) is 0 Å². The molecule has 0 fully saturated rings. The van der Waals surface area contributed by atoms with Crippen LogP contribution in [0, 0.1) is 0 Å². The summed E-state index contributed by atoms with van der Waals surface area (Å²) in [7, 11) is 5.46. The van der Waals surface area contributed by atoms with Crippen molar-refractivity contribution in [3.8, 4) is 5.88 Å². The topological polar surface area (TPSA) is 72.4 Å². The molecule has 8 aromatic rings. The van der Waals surface area contributed by atoms with E-state index in [1.54, 1.807) is 36.6 Å². The number of nitrogens with zero attached hydrogens (tertiary/aromatic N) is 3. The average Bonchev–Trinajstić information content (AvgIpc) is 3.04. The third kappa shape index (κ3) is 5.04. The maximum absolute atomic E-state index is 13.1. The molecule has 10 heteroatoms. The van der Waals surface area contributed by atoms with E-state index >= 15 is 0 Å². The first-order valence-electron chi connectivity index (χ1n) is 13.9. The van der Waals surface area contributed by atoms with Gasteiger partial charge >= 0.3 is 0 Å². The molecule has 0 N–H and O–H groups in total. The van der Waals surface area contributed by atoms with Crippen molar-refractivity contribution in [2.24, 2.45) is 0 Å². The van der Waals surface area contributed by atoms with E-state index in [4.69, 9.17) is 32.9 Å². The van der Waals surface area contributed by atoms with Crippen LogP contribution in [0.2, 0.25) is 10.0 Å². The van der Waals surface area contributed by atoms with Crippen molar-refractivity contribution in [1.82, 2.24) is 9.97 Å². The molecule has 0 aliphatic heterocycles. The largest absolute Gasteiger partial charge is 0.480 e. The van der Waals surface area contributed by atoms with Crippen molar-refractivity contribution in [3.63, 3.8) is 0 Å². The number of ether oxygens (including phenoxy) is 1. The van der Waals surface area contributed by atoms with Gasteiger partial charge in [-0.2, -0.15) is 0 Å². The number of halogens is 2. The number of para-hydroxylation sites is 2.